The van der Waals surface area contributed by atoms with Crippen molar-refractivity contribution >= 4 is 39.9 Å². The van der Waals surface area contributed by atoms with Gasteiger partial charge in [0, 0.05) is 16.1 Å². The average Bonchev–Trinajstić information content (AvgIpc) is 3.37. The highest BCUT2D eigenvalue weighted by atomic mass is 35.5. The Morgan fingerprint density at radius 3 is 2.50 bits per heavy atom. The van der Waals surface area contributed by atoms with Crippen molar-refractivity contribution in [2.24, 2.45) is 0 Å². The Balaban J connectivity index is 1.66. The van der Waals surface area contributed by atoms with Gasteiger partial charge in [0.1, 0.15) is 11.3 Å². The van der Waals surface area contributed by atoms with Crippen LogP contribution in [0.2, 0.25) is 5.02 Å². The molecular formula is C27H20ClNO5. The number of carbonyl (C=O) groups excluding carboxylic acids is 2. The van der Waals surface area contributed by atoms with E-state index in [4.69, 9.17) is 20.8 Å². The molecule has 3 aromatic carbocycles. The van der Waals surface area contributed by atoms with Crippen LogP contribution in [0.5, 0.6) is 5.75 Å². The molecule has 1 aliphatic rings. The van der Waals surface area contributed by atoms with Crippen LogP contribution in [-0.4, -0.2) is 23.9 Å². The molecule has 1 N–H and O–H groups in total. The van der Waals surface area contributed by atoms with Gasteiger partial charge in [-0.05, 0) is 66.6 Å². The molecule has 0 spiro atoms. The number of ether oxygens (including phenoxy) is 1. The van der Waals surface area contributed by atoms with E-state index in [-0.39, 0.29) is 11.3 Å². The summed E-state index contributed by atoms with van der Waals surface area (Å²) >= 11 is 6.07. The van der Waals surface area contributed by atoms with Gasteiger partial charge in [-0.3, -0.25) is 14.5 Å². The normalized spacial score (nSPS) is 15.9. The Kier molecular flexibility index (Phi) is 5.38. The SMILES string of the molecule is COc1ccc(N2C(=O)C(O)=C(C(=O)c3cc4cc(Cl)ccc4o3)C2c2ccccc2C)cc1. The van der Waals surface area contributed by atoms with E-state index in [0.717, 1.165) is 11.1 Å². The molecule has 0 bridgehead atoms. The van der Waals surface area contributed by atoms with Gasteiger partial charge in [-0.2, -0.15) is 0 Å². The number of halogens is 1. The van der Waals surface area contributed by atoms with Crippen LogP contribution in [0.3, 0.4) is 0 Å². The summed E-state index contributed by atoms with van der Waals surface area (Å²) in [6.45, 7) is 1.90. The zero-order valence-electron chi connectivity index (χ0n) is 18.4. The number of furan rings is 1. The van der Waals surface area contributed by atoms with Gasteiger partial charge in [-0.1, -0.05) is 35.9 Å². The van der Waals surface area contributed by atoms with Gasteiger partial charge in [-0.25, -0.2) is 0 Å². The number of aliphatic hydroxyl groups excluding tert-OH is 1. The molecule has 4 aromatic rings. The predicted molar refractivity (Wildman–Crippen MR) is 130 cm³/mol. The highest BCUT2D eigenvalue weighted by Crippen LogP contribution is 2.43. The molecule has 0 saturated heterocycles. The van der Waals surface area contributed by atoms with Crippen molar-refractivity contribution in [3.8, 4) is 5.75 Å². The van der Waals surface area contributed by atoms with Crippen LogP contribution >= 0.6 is 11.6 Å². The number of carbonyl (C=O) groups is 2. The first-order chi connectivity index (χ1) is 16.4. The first-order valence-corrected chi connectivity index (χ1v) is 11.0. The molecule has 6 nitrogen and oxygen atoms in total. The summed E-state index contributed by atoms with van der Waals surface area (Å²) in [5.74, 6) is -1.20. The molecule has 7 heteroatoms. The van der Waals surface area contributed by atoms with Crippen molar-refractivity contribution in [3.05, 3.63) is 106 Å². The molecule has 1 atom stereocenters. The third-order valence-electron chi connectivity index (χ3n) is 5.99. The van der Waals surface area contributed by atoms with E-state index < -0.39 is 23.5 Å². The molecule has 1 amide bonds. The Morgan fingerprint density at radius 1 is 1.06 bits per heavy atom. The number of fused-ring (bicyclic) bond motifs is 1. The zero-order chi connectivity index (χ0) is 24.0. The van der Waals surface area contributed by atoms with Crippen LogP contribution in [0.1, 0.15) is 27.7 Å². The minimum Gasteiger partial charge on any atom is -0.503 e. The number of hydrogen-bond donors (Lipinski definition) is 1. The molecule has 2 heterocycles. The van der Waals surface area contributed by atoms with Crippen molar-refractivity contribution in [2.45, 2.75) is 13.0 Å². The number of aryl methyl sites for hydroxylation is 1. The summed E-state index contributed by atoms with van der Waals surface area (Å²) in [6.07, 6.45) is 0. The predicted octanol–water partition coefficient (Wildman–Crippen LogP) is 6.19. The molecular weight excluding hydrogens is 454 g/mol. The number of methoxy groups -OCH3 is 1. The molecule has 170 valence electrons. The summed E-state index contributed by atoms with van der Waals surface area (Å²) < 4.78 is 11.0. The first-order valence-electron chi connectivity index (χ1n) is 10.6. The average molecular weight is 474 g/mol. The number of aliphatic hydroxyl groups is 1. The van der Waals surface area contributed by atoms with Crippen molar-refractivity contribution in [3.63, 3.8) is 0 Å². The van der Waals surface area contributed by atoms with Crippen molar-refractivity contribution in [2.75, 3.05) is 12.0 Å². The minimum absolute atomic E-state index is 0.0155. The lowest BCUT2D eigenvalue weighted by molar-refractivity contribution is -0.117. The lowest BCUT2D eigenvalue weighted by Crippen LogP contribution is -2.31. The van der Waals surface area contributed by atoms with Gasteiger partial charge in [-0.15, -0.1) is 0 Å². The van der Waals surface area contributed by atoms with Crippen molar-refractivity contribution in [1.82, 2.24) is 0 Å². The van der Waals surface area contributed by atoms with E-state index in [2.05, 4.69) is 0 Å². The number of nitrogens with zero attached hydrogens (tertiary/aromatic N) is 1. The number of hydrogen-bond acceptors (Lipinski definition) is 5. The molecule has 0 saturated carbocycles. The summed E-state index contributed by atoms with van der Waals surface area (Å²) in [5, 5.41) is 12.1. The van der Waals surface area contributed by atoms with E-state index in [1.54, 1.807) is 55.6 Å². The second-order valence-electron chi connectivity index (χ2n) is 8.02. The van der Waals surface area contributed by atoms with Gasteiger partial charge in [0.15, 0.2) is 11.5 Å². The van der Waals surface area contributed by atoms with Gasteiger partial charge in [0.2, 0.25) is 5.78 Å². The van der Waals surface area contributed by atoms with Crippen molar-refractivity contribution in [1.29, 1.82) is 0 Å². The maximum absolute atomic E-state index is 13.7. The van der Waals surface area contributed by atoms with Gasteiger partial charge >= 0.3 is 0 Å². The Morgan fingerprint density at radius 2 is 1.79 bits per heavy atom. The van der Waals surface area contributed by atoms with Crippen LogP contribution in [0.25, 0.3) is 11.0 Å². The molecule has 34 heavy (non-hydrogen) atoms. The largest absolute Gasteiger partial charge is 0.503 e. The fraction of sp³-hybridized carbons (Fsp3) is 0.111. The number of benzene rings is 3. The summed E-state index contributed by atoms with van der Waals surface area (Å²) in [7, 11) is 1.55. The van der Waals surface area contributed by atoms with E-state index in [1.807, 2.05) is 31.2 Å². The highest BCUT2D eigenvalue weighted by molar-refractivity contribution is 6.31. The number of amides is 1. The zero-order valence-corrected chi connectivity index (χ0v) is 19.2. The standard InChI is InChI=1S/C27H20ClNO5/c1-15-5-3-4-6-20(15)24-23(25(30)22-14-16-13-17(28)7-12-21(16)34-22)26(31)27(32)29(24)18-8-10-19(33-2)11-9-18/h3-14,24,31H,1-2H3. The van der Waals surface area contributed by atoms with Crippen LogP contribution in [0, 0.1) is 6.92 Å². The molecule has 0 aliphatic carbocycles. The van der Waals surface area contributed by atoms with E-state index in [0.29, 0.717) is 27.4 Å². The molecule has 5 rings (SSSR count). The lowest BCUT2D eigenvalue weighted by Gasteiger charge is -2.28. The van der Waals surface area contributed by atoms with Crippen LogP contribution < -0.4 is 9.64 Å². The molecule has 1 unspecified atom stereocenters. The van der Waals surface area contributed by atoms with Gasteiger partial charge in [0.25, 0.3) is 5.91 Å². The molecule has 1 aliphatic heterocycles. The maximum Gasteiger partial charge on any atom is 0.294 e. The third-order valence-corrected chi connectivity index (χ3v) is 6.22. The lowest BCUT2D eigenvalue weighted by atomic mass is 9.92. The van der Waals surface area contributed by atoms with Gasteiger partial charge < -0.3 is 14.3 Å². The summed E-state index contributed by atoms with van der Waals surface area (Å²) in [4.78, 5) is 28.4. The van der Waals surface area contributed by atoms with Crippen LogP contribution in [-0.2, 0) is 4.79 Å². The fourth-order valence-electron chi connectivity index (χ4n) is 4.29. The number of Topliss-reactive ketones (excluding diaryl/α,β-unsaturated/α-hetero) is 1. The molecule has 0 fully saturated rings. The first kappa shape index (κ1) is 21.8. The number of ketones is 1. The van der Waals surface area contributed by atoms with E-state index >= 15 is 0 Å². The quantitative estimate of drug-likeness (QED) is 0.350. The minimum atomic E-state index is -0.841. The van der Waals surface area contributed by atoms with Crippen LogP contribution in [0.15, 0.2) is 88.5 Å². The van der Waals surface area contributed by atoms with Crippen molar-refractivity contribution < 1.29 is 23.8 Å². The summed E-state index contributed by atoms with van der Waals surface area (Å²) in [6, 6.07) is 20.1. The topological polar surface area (TPSA) is 80.0 Å². The Labute approximate surface area is 200 Å². The molecule has 1 aromatic heterocycles. The third kappa shape index (κ3) is 3.53. The number of anilines is 1. The highest BCUT2D eigenvalue weighted by Gasteiger charge is 2.45. The Hall–Kier alpha value is -4.03. The van der Waals surface area contributed by atoms with E-state index in [9.17, 15) is 14.7 Å². The Bertz CT molecular complexity index is 1470. The van der Waals surface area contributed by atoms with Crippen LogP contribution in [0.4, 0.5) is 5.69 Å². The second-order valence-corrected chi connectivity index (χ2v) is 8.45. The maximum atomic E-state index is 13.7. The fourth-order valence-corrected chi connectivity index (χ4v) is 4.47. The van der Waals surface area contributed by atoms with Gasteiger partial charge in [0.05, 0.1) is 18.7 Å². The number of rotatable bonds is 5. The molecule has 0 radical (unpaired) electrons. The summed E-state index contributed by atoms with van der Waals surface area (Å²) in [5.41, 5.74) is 2.55. The smallest absolute Gasteiger partial charge is 0.294 e. The monoisotopic (exact) mass is 473 g/mol. The van der Waals surface area contributed by atoms with E-state index in [1.165, 1.54) is 4.90 Å². The second kappa shape index (κ2) is 8.39.